The predicted molar refractivity (Wildman–Crippen MR) is 108 cm³/mol. The van der Waals surface area contributed by atoms with Gasteiger partial charge in [-0.3, -0.25) is 14.7 Å². The number of rotatable bonds is 3. The number of halogens is 2. The lowest BCUT2D eigenvalue weighted by atomic mass is 10.1. The Kier molecular flexibility index (Phi) is 4.63. The Morgan fingerprint density at radius 1 is 1.11 bits per heavy atom. The van der Waals surface area contributed by atoms with Crippen LogP contribution in [-0.2, 0) is 4.79 Å². The predicted octanol–water partition coefficient (Wildman–Crippen LogP) is 3.69. The van der Waals surface area contributed by atoms with Crippen molar-refractivity contribution >= 4 is 55.1 Å². The van der Waals surface area contributed by atoms with E-state index < -0.39 is 11.8 Å². The highest BCUT2D eigenvalue weighted by Gasteiger charge is 2.29. The maximum atomic E-state index is 12.4. The number of aromatic nitrogens is 2. The molecule has 1 aliphatic rings. The highest BCUT2D eigenvalue weighted by molar-refractivity contribution is 9.11. The molecule has 0 bridgehead atoms. The number of carbonyl (C=O) groups is 2. The molecule has 0 saturated heterocycles. The van der Waals surface area contributed by atoms with Gasteiger partial charge in [0.1, 0.15) is 5.69 Å². The molecule has 2 aromatic carbocycles. The molecule has 2 heterocycles. The fourth-order valence-corrected chi connectivity index (χ4v) is 3.98. The van der Waals surface area contributed by atoms with E-state index in [1.165, 1.54) is 0 Å². The summed E-state index contributed by atoms with van der Waals surface area (Å²) in [4.78, 5) is 24.5. The minimum Gasteiger partial charge on any atom is -0.319 e. The highest BCUT2D eigenvalue weighted by atomic mass is 79.9. The first-order chi connectivity index (χ1) is 13.0. The summed E-state index contributed by atoms with van der Waals surface area (Å²) in [5.74, 6) is -0.883. The normalized spacial score (nSPS) is 14.1. The first-order valence-electron chi connectivity index (χ1n) is 7.82. The second kappa shape index (κ2) is 7.09. The number of hydrogen-bond donors (Lipinski definition) is 3. The number of amides is 2. The third kappa shape index (κ3) is 3.43. The molecule has 3 aromatic rings. The number of hydrazone groups is 1. The number of anilines is 1. The van der Waals surface area contributed by atoms with Gasteiger partial charge < -0.3 is 5.32 Å². The van der Waals surface area contributed by atoms with Crippen LogP contribution in [0.4, 0.5) is 5.69 Å². The molecule has 3 N–H and O–H groups in total. The summed E-state index contributed by atoms with van der Waals surface area (Å²) in [6, 6.07) is 14.7. The fourth-order valence-electron chi connectivity index (χ4n) is 2.66. The minimum absolute atomic E-state index is 0.128. The topological polar surface area (TPSA) is 99.2 Å². The maximum Gasteiger partial charge on any atom is 0.289 e. The summed E-state index contributed by atoms with van der Waals surface area (Å²) >= 11 is 6.77. The summed E-state index contributed by atoms with van der Waals surface area (Å²) in [6.07, 6.45) is 0. The van der Waals surface area contributed by atoms with Gasteiger partial charge in [-0.1, -0.05) is 46.3 Å². The third-order valence-electron chi connectivity index (χ3n) is 3.93. The smallest absolute Gasteiger partial charge is 0.289 e. The zero-order valence-corrected chi connectivity index (χ0v) is 16.8. The Bertz CT molecular complexity index is 1090. The molecule has 0 radical (unpaired) electrons. The minimum atomic E-state index is -0.493. The van der Waals surface area contributed by atoms with E-state index in [2.05, 4.69) is 57.9 Å². The van der Waals surface area contributed by atoms with Crippen LogP contribution in [0.25, 0.3) is 11.3 Å². The van der Waals surface area contributed by atoms with Crippen molar-refractivity contribution in [3.63, 3.8) is 0 Å². The number of H-pyrrole nitrogens is 1. The second-order valence-corrected chi connectivity index (χ2v) is 7.47. The molecular weight excluding hydrogens is 478 g/mol. The summed E-state index contributed by atoms with van der Waals surface area (Å²) in [7, 11) is 0. The largest absolute Gasteiger partial charge is 0.319 e. The van der Waals surface area contributed by atoms with E-state index in [0.29, 0.717) is 16.9 Å². The molecule has 0 unspecified atom stereocenters. The van der Waals surface area contributed by atoms with Crippen LogP contribution >= 0.6 is 31.9 Å². The van der Waals surface area contributed by atoms with E-state index in [0.717, 1.165) is 14.5 Å². The Morgan fingerprint density at radius 3 is 2.67 bits per heavy atom. The summed E-state index contributed by atoms with van der Waals surface area (Å²) < 4.78 is 1.50. The number of nitrogens with zero attached hydrogens (tertiary/aromatic N) is 2. The van der Waals surface area contributed by atoms with E-state index in [9.17, 15) is 9.59 Å². The molecule has 1 aromatic heterocycles. The van der Waals surface area contributed by atoms with E-state index in [-0.39, 0.29) is 11.4 Å². The van der Waals surface area contributed by atoms with Gasteiger partial charge in [-0.05, 0) is 34.1 Å². The van der Waals surface area contributed by atoms with Crippen LogP contribution in [0.2, 0.25) is 0 Å². The zero-order chi connectivity index (χ0) is 19.0. The molecule has 4 rings (SSSR count). The van der Waals surface area contributed by atoms with Crippen molar-refractivity contribution in [1.29, 1.82) is 0 Å². The second-order valence-electron chi connectivity index (χ2n) is 5.70. The summed E-state index contributed by atoms with van der Waals surface area (Å²) in [5, 5.41) is 13.5. The van der Waals surface area contributed by atoms with E-state index in [1.807, 2.05) is 36.4 Å². The van der Waals surface area contributed by atoms with Crippen LogP contribution in [0.1, 0.15) is 16.1 Å². The lowest BCUT2D eigenvalue weighted by molar-refractivity contribution is -0.110. The van der Waals surface area contributed by atoms with E-state index in [4.69, 9.17) is 0 Å². The number of fused-ring (bicyclic) bond motifs is 1. The van der Waals surface area contributed by atoms with Crippen molar-refractivity contribution in [3.05, 3.63) is 68.7 Å². The Balaban J connectivity index is 1.57. The van der Waals surface area contributed by atoms with Crippen molar-refractivity contribution in [2.24, 2.45) is 5.10 Å². The molecule has 0 saturated carbocycles. The van der Waals surface area contributed by atoms with Gasteiger partial charge in [0.25, 0.3) is 11.8 Å². The Labute approximate surface area is 170 Å². The van der Waals surface area contributed by atoms with Crippen molar-refractivity contribution in [2.45, 2.75) is 0 Å². The van der Waals surface area contributed by atoms with Gasteiger partial charge in [0.05, 0.1) is 11.4 Å². The van der Waals surface area contributed by atoms with Crippen LogP contribution in [0, 0.1) is 0 Å². The third-order valence-corrected chi connectivity index (χ3v) is 5.01. The molecule has 0 aliphatic carbocycles. The first-order valence-corrected chi connectivity index (χ1v) is 9.41. The zero-order valence-electron chi connectivity index (χ0n) is 13.6. The van der Waals surface area contributed by atoms with Crippen LogP contribution in [-0.4, -0.2) is 27.7 Å². The number of hydrogen-bond acceptors (Lipinski definition) is 4. The average Bonchev–Trinajstić information content (AvgIpc) is 3.26. The highest BCUT2D eigenvalue weighted by Crippen LogP contribution is 2.34. The van der Waals surface area contributed by atoms with Gasteiger partial charge in [-0.15, -0.1) is 0 Å². The van der Waals surface area contributed by atoms with Crippen molar-refractivity contribution in [1.82, 2.24) is 15.6 Å². The van der Waals surface area contributed by atoms with Crippen LogP contribution in [0.5, 0.6) is 0 Å². The molecule has 0 atom stereocenters. The quantitative estimate of drug-likeness (QED) is 0.490. The lowest BCUT2D eigenvalue weighted by Gasteiger charge is -2.02. The molecule has 27 heavy (non-hydrogen) atoms. The maximum absolute atomic E-state index is 12.4. The molecule has 0 spiro atoms. The van der Waals surface area contributed by atoms with Gasteiger partial charge in [-0.25, -0.2) is 5.43 Å². The monoisotopic (exact) mass is 487 g/mol. The van der Waals surface area contributed by atoms with Gasteiger partial charge in [-0.2, -0.15) is 10.2 Å². The van der Waals surface area contributed by atoms with E-state index >= 15 is 0 Å². The summed E-state index contributed by atoms with van der Waals surface area (Å²) in [5.41, 5.74) is 5.51. The Morgan fingerprint density at radius 2 is 1.89 bits per heavy atom. The SMILES string of the molecule is O=C1Nc2c(Br)cc(Br)cc2/C1=N/NC(=O)c1cc(-c2ccccc2)n[nH]1. The van der Waals surface area contributed by atoms with Gasteiger partial charge in [0, 0.05) is 20.1 Å². The molecular formula is C18H11Br2N5O2. The van der Waals surface area contributed by atoms with Gasteiger partial charge >= 0.3 is 0 Å². The number of nitrogens with one attached hydrogen (secondary N) is 3. The van der Waals surface area contributed by atoms with Crippen LogP contribution in [0.15, 0.2) is 62.6 Å². The van der Waals surface area contributed by atoms with Gasteiger partial charge in [0.2, 0.25) is 0 Å². The van der Waals surface area contributed by atoms with E-state index in [1.54, 1.807) is 12.1 Å². The fraction of sp³-hybridized carbons (Fsp3) is 0. The number of aromatic amines is 1. The number of carbonyl (C=O) groups excluding carboxylic acids is 2. The van der Waals surface area contributed by atoms with Crippen molar-refractivity contribution in [2.75, 3.05) is 5.32 Å². The van der Waals surface area contributed by atoms with Gasteiger partial charge in [0.15, 0.2) is 5.71 Å². The van der Waals surface area contributed by atoms with Crippen LogP contribution in [0.3, 0.4) is 0 Å². The average molecular weight is 489 g/mol. The molecule has 134 valence electrons. The molecule has 0 fully saturated rings. The molecule has 7 nitrogen and oxygen atoms in total. The standard InChI is InChI=1S/C18H11Br2N5O2/c19-10-6-11-15(12(20)7-10)21-18(27)16(11)24-25-17(26)14-8-13(22-23-14)9-4-2-1-3-5-9/h1-8H,(H,22,23)(H,25,26)(H,21,24,27). The van der Waals surface area contributed by atoms with Crippen molar-refractivity contribution < 1.29 is 9.59 Å². The number of benzene rings is 2. The Hall–Kier alpha value is -2.78. The van der Waals surface area contributed by atoms with Crippen molar-refractivity contribution in [3.8, 4) is 11.3 Å². The molecule has 2 amide bonds. The van der Waals surface area contributed by atoms with Crippen LogP contribution < -0.4 is 10.7 Å². The summed E-state index contributed by atoms with van der Waals surface area (Å²) in [6.45, 7) is 0. The molecule has 1 aliphatic heterocycles. The molecule has 9 heteroatoms. The lowest BCUT2D eigenvalue weighted by Crippen LogP contribution is -2.23. The first kappa shape index (κ1) is 17.6.